The number of thioether (sulfide) groups is 1. The van der Waals surface area contributed by atoms with E-state index in [9.17, 15) is 9.59 Å². The fraction of sp³-hybridized carbons (Fsp3) is 0.294. The molecule has 1 amide bonds. The summed E-state index contributed by atoms with van der Waals surface area (Å²) in [5.74, 6) is 0.523. The van der Waals surface area contributed by atoms with Crippen LogP contribution in [0, 0.1) is 0 Å². The predicted molar refractivity (Wildman–Crippen MR) is 102 cm³/mol. The summed E-state index contributed by atoms with van der Waals surface area (Å²) >= 11 is 1.48. The number of aromatic nitrogens is 4. The van der Waals surface area contributed by atoms with Crippen LogP contribution in [0.15, 0.2) is 40.4 Å². The van der Waals surface area contributed by atoms with E-state index >= 15 is 0 Å². The Kier molecular flexibility index (Phi) is 4.15. The zero-order valence-electron chi connectivity index (χ0n) is 14.4. The van der Waals surface area contributed by atoms with Crippen molar-refractivity contribution in [3.05, 3.63) is 40.8 Å². The van der Waals surface area contributed by atoms with Gasteiger partial charge in [0.2, 0.25) is 5.91 Å². The van der Waals surface area contributed by atoms with E-state index in [0.717, 1.165) is 11.4 Å². The molecule has 8 nitrogen and oxygen atoms in total. The van der Waals surface area contributed by atoms with Crippen LogP contribution in [0.2, 0.25) is 0 Å². The van der Waals surface area contributed by atoms with E-state index in [1.54, 1.807) is 4.57 Å². The summed E-state index contributed by atoms with van der Waals surface area (Å²) in [5, 5.41) is 10.6. The number of benzene rings is 1. The van der Waals surface area contributed by atoms with Gasteiger partial charge >= 0.3 is 0 Å². The molecule has 0 saturated carbocycles. The quantitative estimate of drug-likeness (QED) is 0.681. The van der Waals surface area contributed by atoms with Gasteiger partial charge < -0.3 is 10.2 Å². The molecule has 134 valence electrons. The monoisotopic (exact) mass is 370 g/mol. The topological polar surface area (TPSA) is 95.9 Å². The third-order valence-electron chi connectivity index (χ3n) is 4.34. The Morgan fingerprint density at radius 1 is 1.38 bits per heavy atom. The number of carbonyl (C=O) groups is 1. The number of nitrogens with zero attached hydrogens (tertiary/aromatic N) is 4. The second-order valence-electron chi connectivity index (χ2n) is 6.36. The fourth-order valence-electron chi connectivity index (χ4n) is 2.98. The first-order chi connectivity index (χ1) is 12.5. The Morgan fingerprint density at radius 3 is 2.88 bits per heavy atom. The molecule has 2 aromatic heterocycles. The van der Waals surface area contributed by atoms with E-state index in [1.165, 1.54) is 18.0 Å². The SMILES string of the molecule is CN(C)c1ccc(NC(=O)CC2CSc3nc4[nH]ncc4c(=O)n32)cc1. The standard InChI is InChI=1S/C17H18N6O2S/c1-22(2)11-5-3-10(4-6-11)19-14(24)7-12-9-26-17-20-15-13(8-18-21-15)16(25)23(12)17/h3-6,8,12H,7,9H2,1-2H3,(H,18,21)(H,19,24). The first kappa shape index (κ1) is 16.6. The van der Waals surface area contributed by atoms with Crippen LogP contribution in [-0.4, -0.2) is 45.5 Å². The van der Waals surface area contributed by atoms with Gasteiger partial charge in [-0.05, 0) is 24.3 Å². The lowest BCUT2D eigenvalue weighted by Gasteiger charge is -2.15. The number of amides is 1. The van der Waals surface area contributed by atoms with Crippen molar-refractivity contribution in [3.8, 4) is 0 Å². The highest BCUT2D eigenvalue weighted by Gasteiger charge is 2.28. The van der Waals surface area contributed by atoms with E-state index in [4.69, 9.17) is 0 Å². The summed E-state index contributed by atoms with van der Waals surface area (Å²) in [4.78, 5) is 31.5. The van der Waals surface area contributed by atoms with Crippen LogP contribution in [0.5, 0.6) is 0 Å². The normalized spacial score (nSPS) is 15.8. The van der Waals surface area contributed by atoms with Crippen molar-refractivity contribution in [3.63, 3.8) is 0 Å². The lowest BCUT2D eigenvalue weighted by atomic mass is 10.2. The molecule has 26 heavy (non-hydrogen) atoms. The van der Waals surface area contributed by atoms with Crippen LogP contribution in [0.4, 0.5) is 11.4 Å². The number of H-pyrrole nitrogens is 1. The largest absolute Gasteiger partial charge is 0.378 e. The Morgan fingerprint density at radius 2 is 2.15 bits per heavy atom. The summed E-state index contributed by atoms with van der Waals surface area (Å²) in [7, 11) is 3.93. The summed E-state index contributed by atoms with van der Waals surface area (Å²) in [6.07, 6.45) is 1.70. The van der Waals surface area contributed by atoms with Crippen LogP contribution < -0.4 is 15.8 Å². The van der Waals surface area contributed by atoms with Crippen molar-refractivity contribution in [2.24, 2.45) is 0 Å². The zero-order valence-corrected chi connectivity index (χ0v) is 15.2. The molecule has 2 N–H and O–H groups in total. The average Bonchev–Trinajstić information content (AvgIpc) is 3.23. The van der Waals surface area contributed by atoms with E-state index in [-0.39, 0.29) is 23.9 Å². The van der Waals surface area contributed by atoms with Gasteiger partial charge in [-0.1, -0.05) is 11.8 Å². The Balaban J connectivity index is 1.50. The first-order valence-corrected chi connectivity index (χ1v) is 9.17. The van der Waals surface area contributed by atoms with Crippen LogP contribution in [0.25, 0.3) is 11.0 Å². The molecule has 3 aromatic rings. The molecule has 1 aromatic carbocycles. The molecule has 0 bridgehead atoms. The van der Waals surface area contributed by atoms with Crippen molar-refractivity contribution in [2.75, 3.05) is 30.1 Å². The fourth-order valence-corrected chi connectivity index (χ4v) is 4.11. The molecule has 0 saturated heterocycles. The molecule has 0 fully saturated rings. The molecule has 1 atom stereocenters. The smallest absolute Gasteiger partial charge is 0.265 e. The third kappa shape index (κ3) is 2.94. The number of rotatable bonds is 4. The molecule has 1 unspecified atom stereocenters. The van der Waals surface area contributed by atoms with Crippen LogP contribution in [0.3, 0.4) is 0 Å². The maximum atomic E-state index is 12.6. The summed E-state index contributed by atoms with van der Waals surface area (Å²) in [6, 6.07) is 7.41. The second-order valence-corrected chi connectivity index (χ2v) is 7.35. The Hall–Kier alpha value is -2.81. The maximum absolute atomic E-state index is 12.6. The number of hydrogen-bond acceptors (Lipinski definition) is 6. The average molecular weight is 370 g/mol. The first-order valence-electron chi connectivity index (χ1n) is 8.18. The van der Waals surface area contributed by atoms with Gasteiger partial charge in [-0.3, -0.25) is 19.3 Å². The van der Waals surface area contributed by atoms with Crippen molar-refractivity contribution in [1.29, 1.82) is 0 Å². The lowest BCUT2D eigenvalue weighted by Crippen LogP contribution is -2.27. The second kappa shape index (κ2) is 6.49. The van der Waals surface area contributed by atoms with Gasteiger partial charge in [-0.15, -0.1) is 0 Å². The van der Waals surface area contributed by atoms with Crippen molar-refractivity contribution in [1.82, 2.24) is 19.7 Å². The highest BCUT2D eigenvalue weighted by atomic mass is 32.2. The van der Waals surface area contributed by atoms with E-state index < -0.39 is 0 Å². The summed E-state index contributed by atoms with van der Waals surface area (Å²) < 4.78 is 1.61. The minimum Gasteiger partial charge on any atom is -0.378 e. The highest BCUT2D eigenvalue weighted by molar-refractivity contribution is 7.99. The molecule has 1 aliphatic heterocycles. The minimum atomic E-state index is -0.213. The maximum Gasteiger partial charge on any atom is 0.265 e. The molecule has 4 rings (SSSR count). The van der Waals surface area contributed by atoms with E-state index in [0.29, 0.717) is 21.9 Å². The predicted octanol–water partition coefficient (Wildman–Crippen LogP) is 1.86. The van der Waals surface area contributed by atoms with Crippen LogP contribution in [0.1, 0.15) is 12.5 Å². The number of carbonyl (C=O) groups excluding carboxylic acids is 1. The van der Waals surface area contributed by atoms with E-state index in [1.807, 2.05) is 43.3 Å². The highest BCUT2D eigenvalue weighted by Crippen LogP contribution is 2.33. The number of fused-ring (bicyclic) bond motifs is 2. The van der Waals surface area contributed by atoms with Crippen molar-refractivity contribution >= 4 is 40.1 Å². The van der Waals surface area contributed by atoms with Gasteiger partial charge in [0.05, 0.1) is 12.2 Å². The van der Waals surface area contributed by atoms with Gasteiger partial charge in [0, 0.05) is 37.6 Å². The molecular formula is C17H18N6O2S. The number of nitrogens with one attached hydrogen (secondary N) is 2. The molecule has 0 radical (unpaired) electrons. The summed E-state index contributed by atoms with van der Waals surface area (Å²) in [5.41, 5.74) is 2.13. The molecule has 1 aliphatic rings. The van der Waals surface area contributed by atoms with Gasteiger partial charge in [0.1, 0.15) is 5.39 Å². The minimum absolute atomic E-state index is 0.125. The molecule has 0 aliphatic carbocycles. The van der Waals surface area contributed by atoms with Gasteiger partial charge in [-0.2, -0.15) is 5.10 Å². The van der Waals surface area contributed by atoms with Crippen LogP contribution in [-0.2, 0) is 4.79 Å². The third-order valence-corrected chi connectivity index (χ3v) is 5.44. The summed E-state index contributed by atoms with van der Waals surface area (Å²) in [6.45, 7) is 0. The molecular weight excluding hydrogens is 352 g/mol. The number of anilines is 2. The van der Waals surface area contributed by atoms with Gasteiger partial charge in [0.15, 0.2) is 10.8 Å². The van der Waals surface area contributed by atoms with E-state index in [2.05, 4.69) is 20.5 Å². The Bertz CT molecular complexity index is 1020. The number of aromatic amines is 1. The van der Waals surface area contributed by atoms with Crippen molar-refractivity contribution in [2.45, 2.75) is 17.6 Å². The zero-order chi connectivity index (χ0) is 18.3. The molecule has 0 spiro atoms. The number of hydrogen-bond donors (Lipinski definition) is 2. The molecule has 9 heteroatoms. The van der Waals surface area contributed by atoms with Gasteiger partial charge in [0.25, 0.3) is 5.56 Å². The van der Waals surface area contributed by atoms with Gasteiger partial charge in [-0.25, -0.2) is 4.98 Å². The van der Waals surface area contributed by atoms with Crippen LogP contribution >= 0.6 is 11.8 Å². The Labute approximate surface area is 153 Å². The lowest BCUT2D eigenvalue weighted by molar-refractivity contribution is -0.116. The van der Waals surface area contributed by atoms with Crippen molar-refractivity contribution < 1.29 is 4.79 Å². The molecule has 3 heterocycles.